The summed E-state index contributed by atoms with van der Waals surface area (Å²) >= 11 is 3.34. The summed E-state index contributed by atoms with van der Waals surface area (Å²) in [5.41, 5.74) is 0.789. The Kier molecular flexibility index (Phi) is 4.80. The van der Waals surface area contributed by atoms with Gasteiger partial charge in [-0.2, -0.15) is 0 Å². The predicted octanol–water partition coefficient (Wildman–Crippen LogP) is 3.62. The van der Waals surface area contributed by atoms with Crippen LogP contribution in [-0.4, -0.2) is 12.1 Å². The molecule has 0 fully saturated rings. The van der Waals surface area contributed by atoms with Crippen LogP contribution < -0.4 is 10.6 Å². The second-order valence-corrected chi connectivity index (χ2v) is 5.05. The fourth-order valence-electron chi connectivity index (χ4n) is 1.07. The molecule has 0 saturated carbocycles. The highest BCUT2D eigenvalue weighted by molar-refractivity contribution is 9.10. The Bertz CT molecular complexity index is 349. The van der Waals surface area contributed by atoms with E-state index in [-0.39, 0.29) is 12.1 Å². The van der Waals surface area contributed by atoms with E-state index >= 15 is 0 Å². The van der Waals surface area contributed by atoms with Gasteiger partial charge >= 0.3 is 6.03 Å². The van der Waals surface area contributed by atoms with Gasteiger partial charge < -0.3 is 10.6 Å². The summed E-state index contributed by atoms with van der Waals surface area (Å²) in [6.45, 7) is 6.14. The largest absolute Gasteiger partial charge is 0.335 e. The normalized spacial score (nSPS) is 12.3. The molecule has 0 bridgehead atoms. The highest BCUT2D eigenvalue weighted by Gasteiger charge is 2.10. The van der Waals surface area contributed by atoms with E-state index in [1.807, 2.05) is 31.2 Å². The fourth-order valence-corrected chi connectivity index (χ4v) is 1.34. The molecule has 1 aromatic carbocycles. The van der Waals surface area contributed by atoms with Gasteiger partial charge in [0.25, 0.3) is 0 Å². The molecule has 88 valence electrons. The Morgan fingerprint density at radius 1 is 1.19 bits per heavy atom. The van der Waals surface area contributed by atoms with Crippen LogP contribution in [0.25, 0.3) is 0 Å². The highest BCUT2D eigenvalue weighted by atomic mass is 79.9. The Labute approximate surface area is 105 Å². The van der Waals surface area contributed by atoms with Crippen LogP contribution >= 0.6 is 15.9 Å². The minimum atomic E-state index is -0.163. The van der Waals surface area contributed by atoms with Crippen LogP contribution in [0.3, 0.4) is 0 Å². The summed E-state index contributed by atoms with van der Waals surface area (Å²) < 4.78 is 0.994. The molecule has 0 aliphatic carbocycles. The van der Waals surface area contributed by atoms with Crippen LogP contribution in [-0.2, 0) is 0 Å². The first kappa shape index (κ1) is 13.0. The van der Waals surface area contributed by atoms with Crippen molar-refractivity contribution in [3.8, 4) is 0 Å². The van der Waals surface area contributed by atoms with Crippen molar-refractivity contribution in [3.63, 3.8) is 0 Å². The standard InChI is InChI=1S/C12H17BrN2O/c1-8(2)9(3)14-12(16)15-11-6-4-10(13)5-7-11/h4-9H,1-3H3,(H2,14,15,16). The zero-order valence-corrected chi connectivity index (χ0v) is 11.3. The van der Waals surface area contributed by atoms with E-state index < -0.39 is 0 Å². The molecule has 1 rings (SSSR count). The SMILES string of the molecule is CC(C)C(C)NC(=O)Nc1ccc(Br)cc1. The number of halogens is 1. The molecule has 2 N–H and O–H groups in total. The number of anilines is 1. The number of carbonyl (C=O) groups excluding carboxylic acids is 1. The second kappa shape index (κ2) is 5.89. The average Bonchev–Trinajstić information content (AvgIpc) is 2.21. The zero-order chi connectivity index (χ0) is 12.1. The van der Waals surface area contributed by atoms with Crippen molar-refractivity contribution in [1.29, 1.82) is 0 Å². The fraction of sp³-hybridized carbons (Fsp3) is 0.417. The molecule has 0 aromatic heterocycles. The summed E-state index contributed by atoms with van der Waals surface area (Å²) in [6.07, 6.45) is 0. The molecule has 1 unspecified atom stereocenters. The Morgan fingerprint density at radius 3 is 2.25 bits per heavy atom. The molecule has 3 nitrogen and oxygen atoms in total. The van der Waals surface area contributed by atoms with E-state index in [1.165, 1.54) is 0 Å². The molecule has 16 heavy (non-hydrogen) atoms. The molecule has 0 aliphatic heterocycles. The number of hydrogen-bond acceptors (Lipinski definition) is 1. The molecular formula is C12H17BrN2O. The topological polar surface area (TPSA) is 41.1 Å². The van der Waals surface area contributed by atoms with E-state index in [4.69, 9.17) is 0 Å². The van der Waals surface area contributed by atoms with E-state index in [9.17, 15) is 4.79 Å². The second-order valence-electron chi connectivity index (χ2n) is 4.14. The number of benzene rings is 1. The number of carbonyl (C=O) groups is 1. The van der Waals surface area contributed by atoms with Gasteiger partial charge in [0.1, 0.15) is 0 Å². The van der Waals surface area contributed by atoms with Gasteiger partial charge in [-0.15, -0.1) is 0 Å². The third-order valence-electron chi connectivity index (χ3n) is 2.46. The molecule has 0 saturated heterocycles. The van der Waals surface area contributed by atoms with Crippen LogP contribution in [0.15, 0.2) is 28.7 Å². The summed E-state index contributed by atoms with van der Waals surface area (Å²) in [4.78, 5) is 11.6. The highest BCUT2D eigenvalue weighted by Crippen LogP contribution is 2.14. The van der Waals surface area contributed by atoms with Gasteiger partial charge in [0, 0.05) is 16.2 Å². The van der Waals surface area contributed by atoms with Crippen LogP contribution in [0.2, 0.25) is 0 Å². The maximum atomic E-state index is 11.6. The number of urea groups is 1. The van der Waals surface area contributed by atoms with Crippen molar-refractivity contribution in [3.05, 3.63) is 28.7 Å². The molecule has 2 amide bonds. The number of nitrogens with one attached hydrogen (secondary N) is 2. The van der Waals surface area contributed by atoms with Gasteiger partial charge in [-0.25, -0.2) is 4.79 Å². The van der Waals surface area contributed by atoms with Gasteiger partial charge in [0.15, 0.2) is 0 Å². The summed E-state index contributed by atoms with van der Waals surface area (Å²) in [6, 6.07) is 7.48. The first-order chi connectivity index (χ1) is 7.49. The monoisotopic (exact) mass is 284 g/mol. The smallest absolute Gasteiger partial charge is 0.319 e. The third-order valence-corrected chi connectivity index (χ3v) is 2.99. The van der Waals surface area contributed by atoms with Gasteiger partial charge in [-0.05, 0) is 37.1 Å². The minimum absolute atomic E-state index is 0.162. The molecule has 1 aromatic rings. The Morgan fingerprint density at radius 2 is 1.75 bits per heavy atom. The molecule has 1 atom stereocenters. The first-order valence-electron chi connectivity index (χ1n) is 5.32. The summed E-state index contributed by atoms with van der Waals surface area (Å²) in [5, 5.41) is 5.66. The molecule has 0 radical (unpaired) electrons. The lowest BCUT2D eigenvalue weighted by atomic mass is 10.1. The van der Waals surface area contributed by atoms with E-state index in [0.29, 0.717) is 5.92 Å². The molecule has 4 heteroatoms. The lowest BCUT2D eigenvalue weighted by Crippen LogP contribution is -2.38. The van der Waals surface area contributed by atoms with Crippen molar-refractivity contribution >= 4 is 27.6 Å². The van der Waals surface area contributed by atoms with Crippen molar-refractivity contribution in [2.75, 3.05) is 5.32 Å². The molecular weight excluding hydrogens is 268 g/mol. The number of amides is 2. The van der Waals surface area contributed by atoms with Gasteiger partial charge in [0.2, 0.25) is 0 Å². The predicted molar refractivity (Wildman–Crippen MR) is 70.6 cm³/mol. The van der Waals surface area contributed by atoms with Crippen molar-refractivity contribution in [2.24, 2.45) is 5.92 Å². The van der Waals surface area contributed by atoms with Gasteiger partial charge in [0.05, 0.1) is 0 Å². The quantitative estimate of drug-likeness (QED) is 0.875. The third kappa shape index (κ3) is 4.23. The van der Waals surface area contributed by atoms with Crippen LogP contribution in [0.4, 0.5) is 10.5 Å². The Hall–Kier alpha value is -1.03. The first-order valence-corrected chi connectivity index (χ1v) is 6.11. The van der Waals surface area contributed by atoms with Crippen LogP contribution in [0, 0.1) is 5.92 Å². The maximum absolute atomic E-state index is 11.6. The van der Waals surface area contributed by atoms with Crippen molar-refractivity contribution in [2.45, 2.75) is 26.8 Å². The van der Waals surface area contributed by atoms with Crippen LogP contribution in [0.5, 0.6) is 0 Å². The lowest BCUT2D eigenvalue weighted by Gasteiger charge is -2.17. The summed E-state index contributed by atoms with van der Waals surface area (Å²) in [7, 11) is 0. The summed E-state index contributed by atoms with van der Waals surface area (Å²) in [5.74, 6) is 0.427. The number of hydrogen-bond donors (Lipinski definition) is 2. The van der Waals surface area contributed by atoms with Crippen molar-refractivity contribution in [1.82, 2.24) is 5.32 Å². The van der Waals surface area contributed by atoms with Crippen molar-refractivity contribution < 1.29 is 4.79 Å². The van der Waals surface area contributed by atoms with E-state index in [2.05, 4.69) is 40.4 Å². The average molecular weight is 285 g/mol. The van der Waals surface area contributed by atoms with Gasteiger partial charge in [-0.3, -0.25) is 0 Å². The van der Waals surface area contributed by atoms with E-state index in [1.54, 1.807) is 0 Å². The zero-order valence-electron chi connectivity index (χ0n) is 9.75. The number of rotatable bonds is 3. The lowest BCUT2D eigenvalue weighted by molar-refractivity contribution is 0.246. The van der Waals surface area contributed by atoms with Gasteiger partial charge in [-0.1, -0.05) is 29.8 Å². The molecule has 0 aliphatic rings. The Balaban J connectivity index is 2.48. The minimum Gasteiger partial charge on any atom is -0.335 e. The van der Waals surface area contributed by atoms with Crippen LogP contribution in [0.1, 0.15) is 20.8 Å². The molecule has 0 heterocycles. The molecule has 0 spiro atoms. The van der Waals surface area contributed by atoms with E-state index in [0.717, 1.165) is 10.2 Å². The maximum Gasteiger partial charge on any atom is 0.319 e.